The summed E-state index contributed by atoms with van der Waals surface area (Å²) in [5.74, 6) is 0.899. The van der Waals surface area contributed by atoms with E-state index in [0.717, 1.165) is 26.9 Å². The van der Waals surface area contributed by atoms with Gasteiger partial charge in [0.15, 0.2) is 5.78 Å². The summed E-state index contributed by atoms with van der Waals surface area (Å²) >= 11 is 3.40. The highest BCUT2D eigenvalue weighted by Gasteiger charge is 2.10. The van der Waals surface area contributed by atoms with E-state index in [2.05, 4.69) is 15.9 Å². The van der Waals surface area contributed by atoms with Crippen LogP contribution in [-0.4, -0.2) is 12.9 Å². The van der Waals surface area contributed by atoms with Crippen molar-refractivity contribution in [3.8, 4) is 5.75 Å². The summed E-state index contributed by atoms with van der Waals surface area (Å²) in [6, 6.07) is 13.3. The van der Waals surface area contributed by atoms with Crippen molar-refractivity contribution < 1.29 is 9.53 Å². The zero-order valence-corrected chi connectivity index (χ0v) is 12.5. The molecule has 0 fully saturated rings. The van der Waals surface area contributed by atoms with Crippen molar-refractivity contribution in [2.75, 3.05) is 7.11 Å². The second-order valence-electron chi connectivity index (χ2n) is 4.41. The summed E-state index contributed by atoms with van der Waals surface area (Å²) in [6.07, 6.45) is 0.389. The van der Waals surface area contributed by atoms with Crippen LogP contribution < -0.4 is 4.74 Å². The first-order valence-electron chi connectivity index (χ1n) is 6.02. The van der Waals surface area contributed by atoms with Crippen LogP contribution in [0.2, 0.25) is 0 Å². The molecule has 0 atom stereocenters. The maximum absolute atomic E-state index is 12.3. The quantitative estimate of drug-likeness (QED) is 0.790. The van der Waals surface area contributed by atoms with Gasteiger partial charge in [-0.05, 0) is 42.3 Å². The van der Waals surface area contributed by atoms with E-state index < -0.39 is 0 Å². The fourth-order valence-corrected chi connectivity index (χ4v) is 2.48. The third-order valence-corrected chi connectivity index (χ3v) is 3.48. The lowest BCUT2D eigenvalue weighted by Gasteiger charge is -2.07. The van der Waals surface area contributed by atoms with Crippen LogP contribution in [0.4, 0.5) is 0 Å². The van der Waals surface area contributed by atoms with E-state index >= 15 is 0 Å². The first-order chi connectivity index (χ1) is 9.10. The van der Waals surface area contributed by atoms with E-state index in [-0.39, 0.29) is 5.78 Å². The molecule has 0 saturated heterocycles. The van der Waals surface area contributed by atoms with Gasteiger partial charge in [-0.25, -0.2) is 0 Å². The summed E-state index contributed by atoms with van der Waals surface area (Å²) in [6.45, 7) is 1.95. The first-order valence-corrected chi connectivity index (χ1v) is 6.81. The Kier molecular flexibility index (Phi) is 4.38. The number of ketones is 1. The zero-order chi connectivity index (χ0) is 13.8. The molecule has 2 aromatic rings. The summed E-state index contributed by atoms with van der Waals surface area (Å²) in [5, 5.41) is 0. The van der Waals surface area contributed by atoms with Gasteiger partial charge in [-0.1, -0.05) is 34.1 Å². The van der Waals surface area contributed by atoms with Crippen molar-refractivity contribution in [1.29, 1.82) is 0 Å². The number of halogens is 1. The van der Waals surface area contributed by atoms with Crippen molar-refractivity contribution in [1.82, 2.24) is 0 Å². The van der Waals surface area contributed by atoms with E-state index in [1.807, 2.05) is 49.4 Å². The summed E-state index contributed by atoms with van der Waals surface area (Å²) in [7, 11) is 1.62. The maximum atomic E-state index is 12.3. The van der Waals surface area contributed by atoms with Gasteiger partial charge in [0.25, 0.3) is 0 Å². The Hall–Kier alpha value is -1.61. The SMILES string of the molecule is COc1cccc(CC(=O)c2ccc(Br)cc2C)c1. The standard InChI is InChI=1S/C16H15BrO2/c1-11-8-13(17)6-7-15(11)16(18)10-12-4-3-5-14(9-12)19-2/h3-9H,10H2,1-2H3. The molecule has 0 N–H and O–H groups in total. The highest BCUT2D eigenvalue weighted by atomic mass is 79.9. The predicted octanol–water partition coefficient (Wildman–Crippen LogP) is 4.19. The van der Waals surface area contributed by atoms with Gasteiger partial charge in [0, 0.05) is 16.5 Å². The molecule has 0 aliphatic rings. The van der Waals surface area contributed by atoms with Crippen LogP contribution >= 0.6 is 15.9 Å². The van der Waals surface area contributed by atoms with E-state index in [1.54, 1.807) is 7.11 Å². The number of carbonyl (C=O) groups excluding carboxylic acids is 1. The van der Waals surface area contributed by atoms with Gasteiger partial charge in [0.2, 0.25) is 0 Å². The Morgan fingerprint density at radius 3 is 2.68 bits per heavy atom. The van der Waals surface area contributed by atoms with Crippen molar-refractivity contribution in [2.45, 2.75) is 13.3 Å². The highest BCUT2D eigenvalue weighted by molar-refractivity contribution is 9.10. The number of benzene rings is 2. The van der Waals surface area contributed by atoms with Gasteiger partial charge in [-0.2, -0.15) is 0 Å². The fraction of sp³-hybridized carbons (Fsp3) is 0.188. The fourth-order valence-electron chi connectivity index (χ4n) is 2.00. The number of rotatable bonds is 4. The Morgan fingerprint density at radius 1 is 1.21 bits per heavy atom. The monoisotopic (exact) mass is 318 g/mol. The van der Waals surface area contributed by atoms with Crippen LogP contribution in [0.15, 0.2) is 46.9 Å². The number of methoxy groups -OCH3 is 1. The van der Waals surface area contributed by atoms with Gasteiger partial charge in [0.1, 0.15) is 5.75 Å². The minimum Gasteiger partial charge on any atom is -0.497 e. The molecule has 0 aliphatic carbocycles. The third kappa shape index (κ3) is 3.44. The molecule has 0 bridgehead atoms. The van der Waals surface area contributed by atoms with E-state index in [0.29, 0.717) is 6.42 Å². The molecule has 0 unspecified atom stereocenters. The molecule has 0 amide bonds. The number of Topliss-reactive ketones (excluding diaryl/α,β-unsaturated/α-hetero) is 1. The third-order valence-electron chi connectivity index (χ3n) is 2.99. The average Bonchev–Trinajstić information content (AvgIpc) is 2.38. The molecule has 3 heteroatoms. The van der Waals surface area contributed by atoms with Crippen molar-refractivity contribution in [3.05, 3.63) is 63.6 Å². The lowest BCUT2D eigenvalue weighted by atomic mass is 9.99. The smallest absolute Gasteiger partial charge is 0.167 e. The molecular formula is C16H15BrO2. The van der Waals surface area contributed by atoms with Crippen molar-refractivity contribution in [2.24, 2.45) is 0 Å². The largest absolute Gasteiger partial charge is 0.497 e. The summed E-state index contributed by atoms with van der Waals surface area (Å²) in [5.41, 5.74) is 2.72. The van der Waals surface area contributed by atoms with Crippen LogP contribution in [0.25, 0.3) is 0 Å². The average molecular weight is 319 g/mol. The van der Waals surface area contributed by atoms with E-state index in [9.17, 15) is 4.79 Å². The second-order valence-corrected chi connectivity index (χ2v) is 5.33. The summed E-state index contributed by atoms with van der Waals surface area (Å²) < 4.78 is 6.15. The Bertz CT molecular complexity index is 605. The molecule has 0 heterocycles. The lowest BCUT2D eigenvalue weighted by Crippen LogP contribution is -2.05. The highest BCUT2D eigenvalue weighted by Crippen LogP contribution is 2.19. The first kappa shape index (κ1) is 13.8. The second kappa shape index (κ2) is 6.02. The van der Waals surface area contributed by atoms with Crippen LogP contribution in [-0.2, 0) is 6.42 Å². The maximum Gasteiger partial charge on any atom is 0.167 e. The Balaban J connectivity index is 2.20. The van der Waals surface area contributed by atoms with Crippen molar-refractivity contribution >= 4 is 21.7 Å². The van der Waals surface area contributed by atoms with Crippen LogP contribution in [0.1, 0.15) is 21.5 Å². The number of aryl methyl sites for hydroxylation is 1. The Morgan fingerprint density at radius 2 is 2.00 bits per heavy atom. The molecule has 0 aliphatic heterocycles. The lowest BCUT2D eigenvalue weighted by molar-refractivity contribution is 0.0992. The predicted molar refractivity (Wildman–Crippen MR) is 79.9 cm³/mol. The van der Waals surface area contributed by atoms with Crippen LogP contribution in [0.5, 0.6) is 5.75 Å². The molecule has 0 saturated carbocycles. The van der Waals surface area contributed by atoms with E-state index in [4.69, 9.17) is 4.74 Å². The van der Waals surface area contributed by atoms with Gasteiger partial charge in [0.05, 0.1) is 7.11 Å². The molecule has 98 valence electrons. The molecule has 0 radical (unpaired) electrons. The topological polar surface area (TPSA) is 26.3 Å². The number of hydrogen-bond acceptors (Lipinski definition) is 2. The molecule has 2 rings (SSSR count). The van der Waals surface area contributed by atoms with Crippen molar-refractivity contribution in [3.63, 3.8) is 0 Å². The molecule has 0 spiro atoms. The summed E-state index contributed by atoms with van der Waals surface area (Å²) in [4.78, 5) is 12.3. The molecule has 2 aromatic carbocycles. The molecule has 2 nitrogen and oxygen atoms in total. The zero-order valence-electron chi connectivity index (χ0n) is 10.9. The minimum absolute atomic E-state index is 0.123. The van der Waals surface area contributed by atoms with Gasteiger partial charge < -0.3 is 4.74 Å². The number of carbonyl (C=O) groups is 1. The van der Waals surface area contributed by atoms with Crippen LogP contribution in [0.3, 0.4) is 0 Å². The normalized spacial score (nSPS) is 10.3. The van der Waals surface area contributed by atoms with Gasteiger partial charge in [-0.15, -0.1) is 0 Å². The number of hydrogen-bond donors (Lipinski definition) is 0. The molecule has 0 aromatic heterocycles. The van der Waals surface area contributed by atoms with Crippen LogP contribution in [0, 0.1) is 6.92 Å². The Labute approximate surface area is 121 Å². The molecular weight excluding hydrogens is 304 g/mol. The van der Waals surface area contributed by atoms with Gasteiger partial charge >= 0.3 is 0 Å². The number of ether oxygens (including phenoxy) is 1. The van der Waals surface area contributed by atoms with E-state index in [1.165, 1.54) is 0 Å². The minimum atomic E-state index is 0.123. The molecule has 19 heavy (non-hydrogen) atoms. The van der Waals surface area contributed by atoms with Gasteiger partial charge in [-0.3, -0.25) is 4.79 Å².